The first-order valence-corrected chi connectivity index (χ1v) is 9.78. The second-order valence-corrected chi connectivity index (χ2v) is 8.38. The molecule has 1 aromatic heterocycles. The van der Waals surface area contributed by atoms with Gasteiger partial charge in [-0.25, -0.2) is 0 Å². The molecule has 0 N–H and O–H groups in total. The number of aromatic nitrogens is 2. The minimum atomic E-state index is -0.238. The Morgan fingerprint density at radius 3 is 2.63 bits per heavy atom. The SMILES string of the molecule is CN1CCN(c2cnn(-c3cccc(Cl)c3)c(=O)c2OCC2(C)CC2)CC1. The molecule has 0 atom stereocenters. The van der Waals surface area contributed by atoms with Gasteiger partial charge in [0.25, 0.3) is 0 Å². The molecular formula is C20H25ClN4O2. The van der Waals surface area contributed by atoms with Crippen LogP contribution in [0.3, 0.4) is 0 Å². The van der Waals surface area contributed by atoms with E-state index >= 15 is 0 Å². The number of hydrogen-bond donors (Lipinski definition) is 0. The first-order valence-electron chi connectivity index (χ1n) is 9.40. The van der Waals surface area contributed by atoms with Crippen LogP contribution in [0.1, 0.15) is 19.8 Å². The number of ether oxygens (including phenoxy) is 1. The van der Waals surface area contributed by atoms with Gasteiger partial charge in [-0.3, -0.25) is 4.79 Å². The van der Waals surface area contributed by atoms with E-state index < -0.39 is 0 Å². The first-order chi connectivity index (χ1) is 13.0. The minimum Gasteiger partial charge on any atom is -0.486 e. The lowest BCUT2D eigenvalue weighted by Gasteiger charge is -2.34. The summed E-state index contributed by atoms with van der Waals surface area (Å²) < 4.78 is 7.48. The standard InChI is InChI=1S/C20H25ClN4O2/c1-20(6-7-20)14-27-18-17(24-10-8-23(2)9-11-24)13-22-25(19(18)26)16-5-3-4-15(21)12-16/h3-5,12-13H,6-11,14H2,1-2H3. The van der Waals surface area contributed by atoms with Crippen molar-refractivity contribution in [3.05, 3.63) is 45.8 Å². The Hall–Kier alpha value is -2.05. The highest BCUT2D eigenvalue weighted by Crippen LogP contribution is 2.45. The van der Waals surface area contributed by atoms with Gasteiger partial charge in [0.2, 0.25) is 5.75 Å². The topological polar surface area (TPSA) is 50.6 Å². The van der Waals surface area contributed by atoms with E-state index in [1.807, 2.05) is 12.1 Å². The molecule has 0 unspecified atom stereocenters. The number of benzene rings is 1. The van der Waals surface area contributed by atoms with Crippen LogP contribution in [0.4, 0.5) is 5.69 Å². The van der Waals surface area contributed by atoms with Crippen molar-refractivity contribution in [2.24, 2.45) is 5.41 Å². The predicted molar refractivity (Wildman–Crippen MR) is 107 cm³/mol. The lowest BCUT2D eigenvalue weighted by atomic mass is 10.2. The van der Waals surface area contributed by atoms with Gasteiger partial charge in [-0.1, -0.05) is 24.6 Å². The summed E-state index contributed by atoms with van der Waals surface area (Å²) in [6.07, 6.45) is 4.03. The molecule has 27 heavy (non-hydrogen) atoms. The molecule has 0 bridgehead atoms. The molecule has 4 rings (SSSR count). The number of rotatable bonds is 5. The molecule has 1 saturated heterocycles. The van der Waals surface area contributed by atoms with Gasteiger partial charge in [0.1, 0.15) is 5.69 Å². The molecule has 1 aliphatic carbocycles. The van der Waals surface area contributed by atoms with E-state index in [-0.39, 0.29) is 11.0 Å². The molecule has 1 aromatic carbocycles. The average Bonchev–Trinajstić information content (AvgIpc) is 3.39. The molecule has 6 nitrogen and oxygen atoms in total. The molecule has 2 heterocycles. The first kappa shape index (κ1) is 18.3. The zero-order valence-electron chi connectivity index (χ0n) is 15.8. The van der Waals surface area contributed by atoms with Gasteiger partial charge in [0.05, 0.1) is 18.5 Å². The Labute approximate surface area is 164 Å². The van der Waals surface area contributed by atoms with Crippen LogP contribution in [0, 0.1) is 5.41 Å². The normalized spacial score (nSPS) is 19.1. The van der Waals surface area contributed by atoms with Gasteiger partial charge < -0.3 is 14.5 Å². The highest BCUT2D eigenvalue weighted by Gasteiger charge is 2.38. The summed E-state index contributed by atoms with van der Waals surface area (Å²) in [4.78, 5) is 17.7. The van der Waals surface area contributed by atoms with Crippen molar-refractivity contribution in [2.45, 2.75) is 19.8 Å². The lowest BCUT2D eigenvalue weighted by Crippen LogP contribution is -2.45. The van der Waals surface area contributed by atoms with Crippen LogP contribution in [0.2, 0.25) is 5.02 Å². The average molecular weight is 389 g/mol. The second kappa shape index (κ2) is 7.17. The lowest BCUT2D eigenvalue weighted by molar-refractivity contribution is 0.242. The molecule has 2 aromatic rings. The molecule has 0 radical (unpaired) electrons. The quantitative estimate of drug-likeness (QED) is 0.788. The third kappa shape index (κ3) is 3.96. The summed E-state index contributed by atoms with van der Waals surface area (Å²) in [5.41, 5.74) is 1.38. The van der Waals surface area contributed by atoms with Crippen LogP contribution in [0.15, 0.2) is 35.3 Å². The van der Waals surface area contributed by atoms with E-state index in [2.05, 4.69) is 28.9 Å². The Balaban J connectivity index is 1.72. The van der Waals surface area contributed by atoms with Crippen LogP contribution in [-0.2, 0) is 0 Å². The molecule has 144 valence electrons. The number of likely N-dealkylation sites (N-methyl/N-ethyl adjacent to an activating group) is 1. The monoisotopic (exact) mass is 388 g/mol. The van der Waals surface area contributed by atoms with Crippen LogP contribution >= 0.6 is 11.6 Å². The van der Waals surface area contributed by atoms with Gasteiger partial charge in [-0.2, -0.15) is 9.78 Å². The number of hydrogen-bond acceptors (Lipinski definition) is 5. The third-order valence-corrected chi connectivity index (χ3v) is 5.72. The zero-order valence-corrected chi connectivity index (χ0v) is 16.6. The molecule has 1 saturated carbocycles. The molecule has 7 heteroatoms. The van der Waals surface area contributed by atoms with E-state index in [0.717, 1.165) is 44.7 Å². The van der Waals surface area contributed by atoms with Crippen molar-refractivity contribution < 1.29 is 4.74 Å². The molecule has 0 spiro atoms. The van der Waals surface area contributed by atoms with Gasteiger partial charge in [0.15, 0.2) is 0 Å². The number of halogens is 1. The summed E-state index contributed by atoms with van der Waals surface area (Å²) in [6, 6.07) is 7.14. The number of piperazine rings is 1. The molecule has 2 aliphatic rings. The zero-order chi connectivity index (χ0) is 19.0. The van der Waals surface area contributed by atoms with Crippen molar-refractivity contribution in [3.8, 4) is 11.4 Å². The maximum Gasteiger partial charge on any atom is 0.316 e. The second-order valence-electron chi connectivity index (χ2n) is 7.95. The molecular weight excluding hydrogens is 364 g/mol. The Morgan fingerprint density at radius 1 is 1.22 bits per heavy atom. The molecule has 0 amide bonds. The van der Waals surface area contributed by atoms with Gasteiger partial charge in [0, 0.05) is 36.6 Å². The van der Waals surface area contributed by atoms with Crippen molar-refractivity contribution in [1.82, 2.24) is 14.7 Å². The fourth-order valence-corrected chi connectivity index (χ4v) is 3.42. The number of nitrogens with zero attached hydrogens (tertiary/aromatic N) is 4. The fraction of sp³-hybridized carbons (Fsp3) is 0.500. The molecule has 2 fully saturated rings. The Bertz CT molecular complexity index is 886. The number of anilines is 1. The highest BCUT2D eigenvalue weighted by molar-refractivity contribution is 6.30. The largest absolute Gasteiger partial charge is 0.486 e. The van der Waals surface area contributed by atoms with Crippen molar-refractivity contribution in [3.63, 3.8) is 0 Å². The van der Waals surface area contributed by atoms with Crippen LogP contribution in [-0.4, -0.2) is 54.5 Å². The Morgan fingerprint density at radius 2 is 1.96 bits per heavy atom. The van der Waals surface area contributed by atoms with E-state index in [4.69, 9.17) is 16.3 Å². The fourth-order valence-electron chi connectivity index (χ4n) is 3.23. The third-order valence-electron chi connectivity index (χ3n) is 5.48. The summed E-state index contributed by atoms with van der Waals surface area (Å²) in [7, 11) is 2.11. The maximum atomic E-state index is 13.2. The van der Waals surface area contributed by atoms with Crippen molar-refractivity contribution in [1.29, 1.82) is 0 Å². The van der Waals surface area contributed by atoms with Gasteiger partial charge >= 0.3 is 5.56 Å². The smallest absolute Gasteiger partial charge is 0.316 e. The Kier molecular flexibility index (Phi) is 4.86. The van der Waals surface area contributed by atoms with E-state index in [0.29, 0.717) is 23.1 Å². The predicted octanol–water partition coefficient (Wildman–Crippen LogP) is 2.82. The van der Waals surface area contributed by atoms with Crippen LogP contribution in [0.5, 0.6) is 5.75 Å². The van der Waals surface area contributed by atoms with Crippen LogP contribution < -0.4 is 15.2 Å². The van der Waals surface area contributed by atoms with Crippen LogP contribution in [0.25, 0.3) is 5.69 Å². The van der Waals surface area contributed by atoms with E-state index in [1.54, 1.807) is 18.3 Å². The maximum absolute atomic E-state index is 13.2. The molecule has 1 aliphatic heterocycles. The summed E-state index contributed by atoms with van der Waals surface area (Å²) in [5.74, 6) is 0.391. The van der Waals surface area contributed by atoms with Gasteiger partial charge in [-0.15, -0.1) is 0 Å². The summed E-state index contributed by atoms with van der Waals surface area (Å²) in [5, 5.41) is 4.98. The van der Waals surface area contributed by atoms with Gasteiger partial charge in [-0.05, 0) is 38.1 Å². The van der Waals surface area contributed by atoms with E-state index in [1.165, 1.54) is 4.68 Å². The summed E-state index contributed by atoms with van der Waals surface area (Å²) >= 11 is 6.10. The van der Waals surface area contributed by atoms with E-state index in [9.17, 15) is 4.79 Å². The summed E-state index contributed by atoms with van der Waals surface area (Å²) in [6.45, 7) is 6.36. The van der Waals surface area contributed by atoms with Crippen molar-refractivity contribution in [2.75, 3.05) is 44.7 Å². The highest BCUT2D eigenvalue weighted by atomic mass is 35.5. The minimum absolute atomic E-state index is 0.190. The van der Waals surface area contributed by atoms with Crippen molar-refractivity contribution >= 4 is 17.3 Å².